The Labute approximate surface area is 105 Å². The third-order valence-corrected chi connectivity index (χ3v) is 3.26. The first-order chi connectivity index (χ1) is 8.54. The Morgan fingerprint density at radius 2 is 2.17 bits per heavy atom. The largest absolute Gasteiger partial charge is 0.507 e. The predicted molar refractivity (Wildman–Crippen MR) is 69.9 cm³/mol. The maximum absolute atomic E-state index is 10.8. The highest BCUT2D eigenvalue weighted by molar-refractivity contribution is 5.87. The Kier molecular flexibility index (Phi) is 3.28. The minimum atomic E-state index is -0.806. The summed E-state index contributed by atoms with van der Waals surface area (Å²) in [6.45, 7) is 4.66. The third kappa shape index (κ3) is 2.06. The maximum atomic E-state index is 10.8. The fourth-order valence-electron chi connectivity index (χ4n) is 2.42. The van der Waals surface area contributed by atoms with Crippen LogP contribution in [-0.4, -0.2) is 20.7 Å². The first-order valence-corrected chi connectivity index (χ1v) is 6.07. The number of hydrogen-bond acceptors (Lipinski definition) is 2. The van der Waals surface area contributed by atoms with E-state index in [2.05, 4.69) is 4.57 Å². The number of nitrogens with zero attached hydrogens (tertiary/aromatic N) is 1. The molecule has 0 spiro atoms. The van der Waals surface area contributed by atoms with Gasteiger partial charge >= 0.3 is 5.97 Å². The number of rotatable bonds is 4. The van der Waals surface area contributed by atoms with Gasteiger partial charge in [-0.1, -0.05) is 13.0 Å². The lowest BCUT2D eigenvalue weighted by molar-refractivity contribution is -0.137. The zero-order valence-corrected chi connectivity index (χ0v) is 10.6. The van der Waals surface area contributed by atoms with E-state index in [0.717, 1.165) is 23.1 Å². The van der Waals surface area contributed by atoms with E-state index in [9.17, 15) is 9.90 Å². The molecule has 0 bridgehead atoms. The lowest BCUT2D eigenvalue weighted by Gasteiger charge is -2.13. The van der Waals surface area contributed by atoms with Crippen LogP contribution in [0.1, 0.15) is 31.9 Å². The van der Waals surface area contributed by atoms with Crippen molar-refractivity contribution in [3.63, 3.8) is 0 Å². The monoisotopic (exact) mass is 247 g/mol. The van der Waals surface area contributed by atoms with E-state index in [1.807, 2.05) is 26.0 Å². The zero-order chi connectivity index (χ0) is 13.3. The lowest BCUT2D eigenvalue weighted by atomic mass is 10.0. The van der Waals surface area contributed by atoms with E-state index in [-0.39, 0.29) is 18.1 Å². The maximum Gasteiger partial charge on any atom is 0.304 e. The van der Waals surface area contributed by atoms with E-state index in [0.29, 0.717) is 0 Å². The molecule has 0 aliphatic carbocycles. The molecule has 2 aromatic rings. The molecule has 1 heterocycles. The van der Waals surface area contributed by atoms with Gasteiger partial charge in [-0.2, -0.15) is 0 Å². The standard InChI is InChI=1S/C14H17NO3/c1-3-15-11-5-4-6-13(16)10(11)8-12(15)9(2)7-14(17)18/h4-6,8-9,16H,3,7H2,1-2H3,(H,17,18). The molecule has 0 saturated heterocycles. The Morgan fingerprint density at radius 1 is 1.44 bits per heavy atom. The highest BCUT2D eigenvalue weighted by atomic mass is 16.4. The van der Waals surface area contributed by atoms with Gasteiger partial charge in [0.05, 0.1) is 11.9 Å². The third-order valence-electron chi connectivity index (χ3n) is 3.26. The quantitative estimate of drug-likeness (QED) is 0.873. The van der Waals surface area contributed by atoms with Crippen molar-refractivity contribution in [3.05, 3.63) is 30.0 Å². The number of carboxylic acids is 1. The molecule has 0 saturated carbocycles. The van der Waals surface area contributed by atoms with Crippen molar-refractivity contribution in [2.45, 2.75) is 32.7 Å². The summed E-state index contributed by atoms with van der Waals surface area (Å²) in [5, 5.41) is 19.5. The van der Waals surface area contributed by atoms with E-state index in [1.165, 1.54) is 0 Å². The molecule has 1 aromatic carbocycles. The molecule has 0 fully saturated rings. The molecule has 0 amide bonds. The summed E-state index contributed by atoms with van der Waals surface area (Å²) in [5.74, 6) is -0.641. The van der Waals surface area contributed by atoms with E-state index in [1.54, 1.807) is 12.1 Å². The Balaban J connectivity index is 2.56. The molecule has 4 nitrogen and oxygen atoms in total. The molecule has 1 unspecified atom stereocenters. The van der Waals surface area contributed by atoms with Gasteiger partial charge in [-0.15, -0.1) is 0 Å². The van der Waals surface area contributed by atoms with Crippen molar-refractivity contribution in [1.82, 2.24) is 4.57 Å². The fourth-order valence-corrected chi connectivity index (χ4v) is 2.42. The van der Waals surface area contributed by atoms with Crippen molar-refractivity contribution < 1.29 is 15.0 Å². The van der Waals surface area contributed by atoms with E-state index in [4.69, 9.17) is 5.11 Å². The summed E-state index contributed by atoms with van der Waals surface area (Å²) in [5.41, 5.74) is 1.90. The van der Waals surface area contributed by atoms with Crippen molar-refractivity contribution in [2.24, 2.45) is 0 Å². The molecule has 2 N–H and O–H groups in total. The molecule has 0 aliphatic rings. The first-order valence-electron chi connectivity index (χ1n) is 6.07. The summed E-state index contributed by atoms with van der Waals surface area (Å²) in [6.07, 6.45) is 0.0943. The van der Waals surface area contributed by atoms with Crippen molar-refractivity contribution >= 4 is 16.9 Å². The van der Waals surface area contributed by atoms with E-state index >= 15 is 0 Å². The summed E-state index contributed by atoms with van der Waals surface area (Å²) in [7, 11) is 0. The van der Waals surface area contributed by atoms with Crippen LogP contribution in [-0.2, 0) is 11.3 Å². The molecule has 96 valence electrons. The molecule has 0 radical (unpaired) electrons. The number of hydrogen-bond donors (Lipinski definition) is 2. The number of aromatic nitrogens is 1. The summed E-state index contributed by atoms with van der Waals surface area (Å²) >= 11 is 0. The number of fused-ring (bicyclic) bond motifs is 1. The molecule has 1 aromatic heterocycles. The van der Waals surface area contributed by atoms with Gasteiger partial charge in [0.25, 0.3) is 0 Å². The zero-order valence-electron chi connectivity index (χ0n) is 10.6. The number of phenols is 1. The first kappa shape index (κ1) is 12.5. The van der Waals surface area contributed by atoms with Gasteiger partial charge in [0, 0.05) is 23.5 Å². The smallest absolute Gasteiger partial charge is 0.304 e. The van der Waals surface area contributed by atoms with Crippen molar-refractivity contribution in [3.8, 4) is 5.75 Å². The predicted octanol–water partition coefficient (Wildman–Crippen LogP) is 2.95. The lowest BCUT2D eigenvalue weighted by Crippen LogP contribution is -2.08. The van der Waals surface area contributed by atoms with Crippen LogP contribution in [0.4, 0.5) is 0 Å². The average Bonchev–Trinajstić information content (AvgIpc) is 2.68. The number of aryl methyl sites for hydroxylation is 1. The van der Waals surface area contributed by atoms with Crippen LogP contribution >= 0.6 is 0 Å². The average molecular weight is 247 g/mol. The number of aliphatic carboxylic acids is 1. The second kappa shape index (κ2) is 4.72. The normalized spacial score (nSPS) is 12.8. The molecular formula is C14H17NO3. The van der Waals surface area contributed by atoms with Crippen LogP contribution in [0.5, 0.6) is 5.75 Å². The number of benzene rings is 1. The molecule has 4 heteroatoms. The molecular weight excluding hydrogens is 230 g/mol. The van der Waals surface area contributed by atoms with Crippen LogP contribution in [0, 0.1) is 0 Å². The van der Waals surface area contributed by atoms with Crippen molar-refractivity contribution in [1.29, 1.82) is 0 Å². The minimum absolute atomic E-state index is 0.0748. The fraction of sp³-hybridized carbons (Fsp3) is 0.357. The van der Waals surface area contributed by atoms with Crippen LogP contribution in [0.25, 0.3) is 10.9 Å². The highest BCUT2D eigenvalue weighted by Crippen LogP contribution is 2.32. The SMILES string of the molecule is CCn1c(C(C)CC(=O)O)cc2c(O)cccc21. The van der Waals surface area contributed by atoms with Crippen LogP contribution in [0.2, 0.25) is 0 Å². The second-order valence-electron chi connectivity index (χ2n) is 4.52. The molecule has 0 aliphatic heterocycles. The van der Waals surface area contributed by atoms with Crippen LogP contribution in [0.3, 0.4) is 0 Å². The van der Waals surface area contributed by atoms with E-state index < -0.39 is 5.97 Å². The van der Waals surface area contributed by atoms with Crippen LogP contribution < -0.4 is 0 Å². The minimum Gasteiger partial charge on any atom is -0.507 e. The molecule has 2 rings (SSSR count). The van der Waals surface area contributed by atoms with Gasteiger partial charge in [0.15, 0.2) is 0 Å². The summed E-state index contributed by atoms with van der Waals surface area (Å²) in [4.78, 5) is 10.8. The second-order valence-corrected chi connectivity index (χ2v) is 4.52. The summed E-state index contributed by atoms with van der Waals surface area (Å²) < 4.78 is 2.06. The number of carbonyl (C=O) groups is 1. The molecule has 18 heavy (non-hydrogen) atoms. The number of carboxylic acid groups (broad SMARTS) is 1. The van der Waals surface area contributed by atoms with Crippen molar-refractivity contribution in [2.75, 3.05) is 0 Å². The topological polar surface area (TPSA) is 62.5 Å². The van der Waals surface area contributed by atoms with Gasteiger partial charge in [-0.3, -0.25) is 4.79 Å². The highest BCUT2D eigenvalue weighted by Gasteiger charge is 2.17. The Morgan fingerprint density at radius 3 is 2.78 bits per heavy atom. The number of phenolic OH excluding ortho intramolecular Hbond substituents is 1. The number of aromatic hydroxyl groups is 1. The Hall–Kier alpha value is -1.97. The van der Waals surface area contributed by atoms with Gasteiger partial charge in [0.2, 0.25) is 0 Å². The van der Waals surface area contributed by atoms with Gasteiger partial charge in [-0.25, -0.2) is 0 Å². The van der Waals surface area contributed by atoms with Gasteiger partial charge in [0.1, 0.15) is 5.75 Å². The van der Waals surface area contributed by atoms with Gasteiger partial charge < -0.3 is 14.8 Å². The van der Waals surface area contributed by atoms with Gasteiger partial charge in [-0.05, 0) is 25.1 Å². The molecule has 1 atom stereocenters. The Bertz CT molecular complexity index is 586. The van der Waals surface area contributed by atoms with Crippen LogP contribution in [0.15, 0.2) is 24.3 Å². The summed E-state index contributed by atoms with van der Waals surface area (Å²) in [6, 6.07) is 7.28.